The van der Waals surface area contributed by atoms with Crippen LogP contribution in [0.1, 0.15) is 68.8 Å². The molecular formula is C31H35N9O2. The zero-order valence-electron chi connectivity index (χ0n) is 23.7. The van der Waals surface area contributed by atoms with Crippen LogP contribution in [0.5, 0.6) is 0 Å². The molecule has 0 radical (unpaired) electrons. The first-order valence-electron chi connectivity index (χ1n) is 15.0. The Hall–Kier alpha value is -4.28. The Balaban J connectivity index is 0.000000220. The number of aromatic amines is 1. The molecule has 6 heterocycles. The number of fused-ring (bicyclic) bond motifs is 1. The summed E-state index contributed by atoms with van der Waals surface area (Å²) in [7, 11) is 0. The Morgan fingerprint density at radius 3 is 2.19 bits per heavy atom. The second-order valence-electron chi connectivity index (χ2n) is 11.9. The molecule has 2 saturated heterocycles. The van der Waals surface area contributed by atoms with E-state index in [1.807, 2.05) is 17.0 Å². The number of H-pyrrole nitrogens is 1. The van der Waals surface area contributed by atoms with Crippen LogP contribution in [0.2, 0.25) is 0 Å². The number of nitrogens with zero attached hydrogens (tertiary/aromatic N) is 8. The van der Waals surface area contributed by atoms with Crippen molar-refractivity contribution in [2.45, 2.75) is 62.2 Å². The number of nitrogens with one attached hydrogen (secondary N) is 1. The molecule has 216 valence electrons. The van der Waals surface area contributed by atoms with Gasteiger partial charge in [-0.2, -0.15) is 0 Å². The lowest BCUT2D eigenvalue weighted by Crippen LogP contribution is -2.44. The van der Waals surface area contributed by atoms with Crippen LogP contribution >= 0.6 is 0 Å². The number of carbonyl (C=O) groups is 2. The number of hydrogen-bond acceptors (Lipinski definition) is 9. The van der Waals surface area contributed by atoms with Crippen molar-refractivity contribution in [2.24, 2.45) is 5.92 Å². The number of carbonyl (C=O) groups excluding carboxylic acids is 2. The molecule has 0 unspecified atom stereocenters. The van der Waals surface area contributed by atoms with Gasteiger partial charge in [-0.25, -0.2) is 29.9 Å². The Morgan fingerprint density at radius 2 is 1.55 bits per heavy atom. The van der Waals surface area contributed by atoms with Gasteiger partial charge >= 0.3 is 0 Å². The van der Waals surface area contributed by atoms with Gasteiger partial charge in [0.2, 0.25) is 5.91 Å². The van der Waals surface area contributed by atoms with Crippen molar-refractivity contribution in [3.8, 4) is 0 Å². The summed E-state index contributed by atoms with van der Waals surface area (Å²) in [6.07, 6.45) is 15.9. The summed E-state index contributed by atoms with van der Waals surface area (Å²) in [6.45, 7) is 3.51. The number of hydrogen-bond donors (Lipinski definition) is 1. The topological polar surface area (TPSA) is 134 Å². The molecule has 11 nitrogen and oxygen atoms in total. The summed E-state index contributed by atoms with van der Waals surface area (Å²) in [6, 6.07) is 7.70. The molecule has 1 N–H and O–H groups in total. The Bertz CT molecular complexity index is 1560. The molecule has 11 heteroatoms. The van der Waals surface area contributed by atoms with Crippen molar-refractivity contribution >= 4 is 29.2 Å². The molecule has 4 aromatic rings. The molecule has 1 amide bonds. The average Bonchev–Trinajstić information content (AvgIpc) is 3.94. The lowest BCUT2D eigenvalue weighted by molar-refractivity contribution is -0.134. The first-order valence-corrected chi connectivity index (χ1v) is 15.0. The summed E-state index contributed by atoms with van der Waals surface area (Å²) >= 11 is 0. The molecule has 4 aliphatic rings. The van der Waals surface area contributed by atoms with Crippen LogP contribution in [0.4, 0.5) is 5.82 Å². The molecule has 4 fully saturated rings. The lowest BCUT2D eigenvalue weighted by atomic mass is 9.96. The van der Waals surface area contributed by atoms with Crippen molar-refractivity contribution in [1.29, 1.82) is 0 Å². The number of anilines is 1. The highest BCUT2D eigenvalue weighted by atomic mass is 16.2. The number of rotatable bonds is 6. The van der Waals surface area contributed by atoms with Crippen molar-refractivity contribution < 1.29 is 9.59 Å². The Morgan fingerprint density at radius 1 is 0.857 bits per heavy atom. The van der Waals surface area contributed by atoms with Gasteiger partial charge in [0.05, 0.1) is 22.3 Å². The zero-order chi connectivity index (χ0) is 28.6. The molecule has 1 atom stereocenters. The molecule has 4 aromatic heterocycles. The second-order valence-corrected chi connectivity index (χ2v) is 11.9. The Kier molecular flexibility index (Phi) is 6.87. The number of pyridine rings is 1. The number of likely N-dealkylation sites (tertiary alicyclic amines) is 1. The minimum atomic E-state index is -0.318. The van der Waals surface area contributed by atoms with Crippen molar-refractivity contribution in [2.75, 3.05) is 31.1 Å². The second kappa shape index (κ2) is 10.8. The fraction of sp³-hybridized carbons (Fsp3) is 0.484. The third kappa shape index (κ3) is 5.01. The third-order valence-electron chi connectivity index (χ3n) is 9.07. The molecule has 2 saturated carbocycles. The van der Waals surface area contributed by atoms with E-state index < -0.39 is 0 Å². The summed E-state index contributed by atoms with van der Waals surface area (Å²) in [5, 5.41) is 0. The molecule has 8 rings (SSSR count). The predicted molar refractivity (Wildman–Crippen MR) is 156 cm³/mol. The van der Waals surface area contributed by atoms with Crippen LogP contribution in [0.15, 0.2) is 49.1 Å². The first-order chi connectivity index (χ1) is 20.6. The first kappa shape index (κ1) is 26.6. The van der Waals surface area contributed by atoms with E-state index in [0.29, 0.717) is 11.7 Å². The van der Waals surface area contributed by atoms with E-state index in [2.05, 4.69) is 35.9 Å². The summed E-state index contributed by atoms with van der Waals surface area (Å²) in [4.78, 5) is 58.0. The summed E-state index contributed by atoms with van der Waals surface area (Å²) in [5.41, 5.74) is 1.13. The molecule has 0 aromatic carbocycles. The highest BCUT2D eigenvalue weighted by Crippen LogP contribution is 2.51. The van der Waals surface area contributed by atoms with Gasteiger partial charge in [-0.15, -0.1) is 0 Å². The molecule has 0 bridgehead atoms. The molecular weight excluding hydrogens is 530 g/mol. The SMILES string of the molecule is O=C([C@@H]1CCCN(c2ccc3[nH]c(C4(c5ncccn5)CC4)nc3n2)C1)N1CCCC1.O=CC1(c2ncccn2)CC1. The third-order valence-corrected chi connectivity index (χ3v) is 9.07. The van der Waals surface area contributed by atoms with E-state index in [1.165, 1.54) is 0 Å². The number of aldehydes is 1. The van der Waals surface area contributed by atoms with Gasteiger partial charge in [-0.05, 0) is 75.6 Å². The van der Waals surface area contributed by atoms with Crippen molar-refractivity contribution in [3.63, 3.8) is 0 Å². The highest BCUT2D eigenvalue weighted by Gasteiger charge is 2.51. The fourth-order valence-electron chi connectivity index (χ4n) is 6.19. The van der Waals surface area contributed by atoms with E-state index in [9.17, 15) is 9.59 Å². The van der Waals surface area contributed by atoms with E-state index >= 15 is 0 Å². The number of imidazole rings is 1. The fourth-order valence-corrected chi connectivity index (χ4v) is 6.19. The van der Waals surface area contributed by atoms with Crippen LogP contribution in [0.25, 0.3) is 11.2 Å². The van der Waals surface area contributed by atoms with Gasteiger partial charge in [0.15, 0.2) is 5.65 Å². The standard InChI is InChI=1S/C23H27N7O.C8H8N2O/c31-20(29-12-1-2-13-29)16-5-3-14-30(15-16)18-7-6-17-19(27-18)28-22(26-17)23(8-9-23)21-24-10-4-11-25-21;11-6-8(2-3-8)7-9-4-1-5-10-7/h4,6-7,10-11,16H,1-3,5,8-9,12-15H2,(H,26,27,28);1,4-6H,2-3H2/t16-;/m1./s1. The van der Waals surface area contributed by atoms with Crippen LogP contribution in [0, 0.1) is 5.92 Å². The summed E-state index contributed by atoms with van der Waals surface area (Å²) < 4.78 is 0. The number of amides is 1. The largest absolute Gasteiger partial charge is 0.356 e. The maximum absolute atomic E-state index is 12.9. The number of aromatic nitrogens is 7. The van der Waals surface area contributed by atoms with Crippen LogP contribution in [-0.2, 0) is 20.4 Å². The minimum absolute atomic E-state index is 0.0732. The average molecular weight is 566 g/mol. The van der Waals surface area contributed by atoms with Crippen LogP contribution in [0.3, 0.4) is 0 Å². The lowest BCUT2D eigenvalue weighted by Gasteiger charge is -2.34. The monoisotopic (exact) mass is 565 g/mol. The van der Waals surface area contributed by atoms with Gasteiger partial charge in [0.1, 0.15) is 29.6 Å². The molecule has 2 aliphatic heterocycles. The van der Waals surface area contributed by atoms with E-state index in [-0.39, 0.29) is 16.7 Å². The van der Waals surface area contributed by atoms with Crippen LogP contribution in [-0.4, -0.2) is 78.2 Å². The normalized spacial score (nSPS) is 21.9. The van der Waals surface area contributed by atoms with E-state index in [0.717, 1.165) is 112 Å². The van der Waals surface area contributed by atoms with E-state index in [4.69, 9.17) is 9.97 Å². The van der Waals surface area contributed by atoms with Crippen LogP contribution < -0.4 is 4.90 Å². The number of piperidine rings is 1. The Labute approximate surface area is 244 Å². The predicted octanol–water partition coefficient (Wildman–Crippen LogP) is 3.37. The quantitative estimate of drug-likeness (QED) is 0.349. The molecule has 2 aliphatic carbocycles. The zero-order valence-corrected chi connectivity index (χ0v) is 23.7. The van der Waals surface area contributed by atoms with Crippen molar-refractivity contribution in [1.82, 2.24) is 39.8 Å². The van der Waals surface area contributed by atoms with Gasteiger partial charge in [0, 0.05) is 51.0 Å². The summed E-state index contributed by atoms with van der Waals surface area (Å²) in [5.74, 6) is 3.71. The maximum Gasteiger partial charge on any atom is 0.227 e. The van der Waals surface area contributed by atoms with Gasteiger partial charge in [-0.1, -0.05) is 0 Å². The molecule has 0 spiro atoms. The minimum Gasteiger partial charge on any atom is -0.356 e. The smallest absolute Gasteiger partial charge is 0.227 e. The molecule has 42 heavy (non-hydrogen) atoms. The van der Waals surface area contributed by atoms with Crippen molar-refractivity contribution in [3.05, 3.63) is 66.5 Å². The van der Waals surface area contributed by atoms with Gasteiger partial charge < -0.3 is 19.6 Å². The van der Waals surface area contributed by atoms with Gasteiger partial charge in [0.25, 0.3) is 0 Å². The van der Waals surface area contributed by atoms with E-state index in [1.54, 1.807) is 30.9 Å². The highest BCUT2D eigenvalue weighted by molar-refractivity contribution is 5.80. The van der Waals surface area contributed by atoms with Gasteiger partial charge in [-0.3, -0.25) is 4.79 Å². The maximum atomic E-state index is 12.9.